The van der Waals surface area contributed by atoms with Gasteiger partial charge in [0.1, 0.15) is 0 Å². The van der Waals surface area contributed by atoms with Crippen LogP contribution in [0.5, 0.6) is 0 Å². The molecule has 1 atom stereocenters. The lowest BCUT2D eigenvalue weighted by Crippen LogP contribution is -2.23. The van der Waals surface area contributed by atoms with Gasteiger partial charge < -0.3 is 10.8 Å². The second-order valence-corrected chi connectivity index (χ2v) is 2.08. The van der Waals surface area contributed by atoms with E-state index in [1.54, 1.807) is 0 Å². The molecule has 0 spiro atoms. The van der Waals surface area contributed by atoms with Gasteiger partial charge in [-0.1, -0.05) is 6.58 Å². The lowest BCUT2D eigenvalue weighted by Gasteiger charge is -2.04. The monoisotopic (exact) mass is 147 g/mol. The van der Waals surface area contributed by atoms with Crippen LogP contribution in [0, 0.1) is 0 Å². The maximum Gasteiger partial charge on any atom is 0.304 e. The van der Waals surface area contributed by atoms with Crippen molar-refractivity contribution in [3.8, 4) is 0 Å². The zero-order chi connectivity index (χ0) is 8.15. The Hall–Kier alpha value is -0.900. The molecule has 58 valence electrons. The molecule has 0 amide bonds. The molecule has 0 aromatic heterocycles. The molecule has 4 heteroatoms. The van der Waals surface area contributed by atoms with Gasteiger partial charge in [0, 0.05) is 12.5 Å². The van der Waals surface area contributed by atoms with Crippen LogP contribution in [0.1, 0.15) is 12.8 Å². The summed E-state index contributed by atoms with van der Waals surface area (Å²) in [6.07, 6.45) is -0.296. The van der Waals surface area contributed by atoms with Crippen LogP contribution < -0.4 is 5.73 Å². The topological polar surface area (TPSA) is 63.3 Å². The van der Waals surface area contributed by atoms with E-state index in [9.17, 15) is 9.18 Å². The molecule has 0 aromatic carbocycles. The minimum absolute atomic E-state index is 0.0771. The summed E-state index contributed by atoms with van der Waals surface area (Å²) in [5.74, 6) is -1.59. The van der Waals surface area contributed by atoms with Crippen molar-refractivity contribution in [1.29, 1.82) is 0 Å². The van der Waals surface area contributed by atoms with Gasteiger partial charge in [-0.05, 0) is 0 Å². The number of halogens is 1. The Bertz CT molecular complexity index is 131. The second kappa shape index (κ2) is 4.00. The van der Waals surface area contributed by atoms with Crippen LogP contribution in [0.15, 0.2) is 12.4 Å². The molecule has 0 unspecified atom stereocenters. The highest BCUT2D eigenvalue weighted by atomic mass is 19.1. The molecule has 10 heavy (non-hydrogen) atoms. The first-order valence-corrected chi connectivity index (χ1v) is 2.83. The molecule has 0 saturated heterocycles. The number of nitrogens with two attached hydrogens (primary N) is 1. The Morgan fingerprint density at radius 3 is 2.50 bits per heavy atom. The highest BCUT2D eigenvalue weighted by Gasteiger charge is 2.08. The predicted molar refractivity (Wildman–Crippen MR) is 35.1 cm³/mol. The number of hydrogen-bond donors (Lipinski definition) is 2. The van der Waals surface area contributed by atoms with Gasteiger partial charge in [-0.2, -0.15) is 0 Å². The van der Waals surface area contributed by atoms with E-state index in [2.05, 4.69) is 6.58 Å². The molecule has 0 fully saturated rings. The predicted octanol–water partition coefficient (Wildman–Crippen LogP) is 0.662. The third-order valence-corrected chi connectivity index (χ3v) is 0.920. The molecule has 0 aliphatic carbocycles. The Kier molecular flexibility index (Phi) is 3.64. The number of hydrogen-bond acceptors (Lipinski definition) is 2. The molecule has 0 radical (unpaired) electrons. The van der Waals surface area contributed by atoms with Crippen LogP contribution in [-0.4, -0.2) is 17.1 Å². The lowest BCUT2D eigenvalue weighted by molar-refractivity contribution is -0.137. The smallest absolute Gasteiger partial charge is 0.304 e. The fourth-order valence-electron chi connectivity index (χ4n) is 0.581. The number of aliphatic carboxylic acids is 1. The molecule has 3 N–H and O–H groups in total. The summed E-state index contributed by atoms with van der Waals surface area (Å²) in [6, 6.07) is -0.657. The van der Waals surface area contributed by atoms with E-state index in [4.69, 9.17) is 10.8 Å². The van der Waals surface area contributed by atoms with Crippen LogP contribution in [0.3, 0.4) is 0 Å². The van der Waals surface area contributed by atoms with Gasteiger partial charge >= 0.3 is 5.97 Å². The number of carboxylic acid groups (broad SMARTS) is 1. The highest BCUT2D eigenvalue weighted by Crippen LogP contribution is 2.04. The molecule has 0 rings (SSSR count). The Labute approximate surface area is 58.3 Å². The van der Waals surface area contributed by atoms with Crippen molar-refractivity contribution in [2.24, 2.45) is 5.73 Å². The van der Waals surface area contributed by atoms with E-state index in [-0.39, 0.29) is 12.8 Å². The second-order valence-electron chi connectivity index (χ2n) is 2.08. The molecule has 0 aromatic rings. The molecule has 0 aliphatic heterocycles. The van der Waals surface area contributed by atoms with Gasteiger partial charge in [0.05, 0.1) is 12.2 Å². The van der Waals surface area contributed by atoms with Crippen molar-refractivity contribution in [1.82, 2.24) is 0 Å². The van der Waals surface area contributed by atoms with Gasteiger partial charge in [0.2, 0.25) is 0 Å². The van der Waals surface area contributed by atoms with Crippen molar-refractivity contribution in [2.45, 2.75) is 18.9 Å². The first-order chi connectivity index (χ1) is 4.52. The quantitative estimate of drug-likeness (QED) is 0.614. The van der Waals surface area contributed by atoms with E-state index >= 15 is 0 Å². The number of rotatable bonds is 4. The van der Waals surface area contributed by atoms with E-state index in [0.717, 1.165) is 0 Å². The van der Waals surface area contributed by atoms with Gasteiger partial charge in [-0.25, -0.2) is 4.39 Å². The van der Waals surface area contributed by atoms with E-state index in [1.165, 1.54) is 0 Å². The summed E-state index contributed by atoms with van der Waals surface area (Å²) in [5, 5.41) is 8.16. The minimum atomic E-state index is -1.02. The highest BCUT2D eigenvalue weighted by molar-refractivity contribution is 5.67. The average molecular weight is 147 g/mol. The van der Waals surface area contributed by atoms with Gasteiger partial charge in [0.25, 0.3) is 0 Å². The van der Waals surface area contributed by atoms with Crippen molar-refractivity contribution < 1.29 is 14.3 Å². The molecule has 0 bridgehead atoms. The maximum absolute atomic E-state index is 11.9. The largest absolute Gasteiger partial charge is 0.481 e. The Balaban J connectivity index is 3.53. The van der Waals surface area contributed by atoms with Crippen LogP contribution in [0.25, 0.3) is 0 Å². The van der Waals surface area contributed by atoms with E-state index < -0.39 is 17.8 Å². The third-order valence-electron chi connectivity index (χ3n) is 0.920. The normalized spacial score (nSPS) is 12.6. The van der Waals surface area contributed by atoms with Crippen LogP contribution >= 0.6 is 0 Å². The van der Waals surface area contributed by atoms with Crippen LogP contribution in [0.4, 0.5) is 4.39 Å². The lowest BCUT2D eigenvalue weighted by atomic mass is 10.1. The summed E-state index contributed by atoms with van der Waals surface area (Å²) >= 11 is 0. The fraction of sp³-hybridized carbons (Fsp3) is 0.500. The molecule has 0 heterocycles. The summed E-state index contributed by atoms with van der Waals surface area (Å²) in [5.41, 5.74) is 5.19. The van der Waals surface area contributed by atoms with E-state index in [0.29, 0.717) is 0 Å². The SMILES string of the molecule is C=C(F)C[C@@H](N)CC(=O)O. The Morgan fingerprint density at radius 1 is 1.70 bits per heavy atom. The number of carboxylic acids is 1. The third kappa shape index (κ3) is 5.24. The molecular weight excluding hydrogens is 137 g/mol. The van der Waals surface area contributed by atoms with Crippen molar-refractivity contribution in [3.63, 3.8) is 0 Å². The van der Waals surface area contributed by atoms with Crippen molar-refractivity contribution in [2.75, 3.05) is 0 Å². The van der Waals surface area contributed by atoms with E-state index in [1.807, 2.05) is 0 Å². The van der Waals surface area contributed by atoms with Crippen molar-refractivity contribution in [3.05, 3.63) is 12.4 Å². The van der Waals surface area contributed by atoms with Crippen LogP contribution in [-0.2, 0) is 4.79 Å². The van der Waals surface area contributed by atoms with Crippen molar-refractivity contribution >= 4 is 5.97 Å². The summed E-state index contributed by atoms with van der Waals surface area (Å²) < 4.78 is 11.9. The minimum Gasteiger partial charge on any atom is -0.481 e. The summed E-state index contributed by atoms with van der Waals surface area (Å²) in [4.78, 5) is 9.96. The first kappa shape index (κ1) is 9.10. The summed E-state index contributed by atoms with van der Waals surface area (Å²) in [7, 11) is 0. The maximum atomic E-state index is 11.9. The molecule has 3 nitrogen and oxygen atoms in total. The Morgan fingerprint density at radius 2 is 2.20 bits per heavy atom. The number of carbonyl (C=O) groups is 1. The van der Waals surface area contributed by atoms with Gasteiger partial charge in [-0.15, -0.1) is 0 Å². The van der Waals surface area contributed by atoms with Gasteiger partial charge in [-0.3, -0.25) is 4.79 Å². The average Bonchev–Trinajstić information content (AvgIpc) is 1.58. The zero-order valence-electron chi connectivity index (χ0n) is 5.51. The van der Waals surface area contributed by atoms with Gasteiger partial charge in [0.15, 0.2) is 0 Å². The fourth-order valence-corrected chi connectivity index (χ4v) is 0.581. The molecule has 0 aliphatic rings. The molecule has 0 saturated carbocycles. The summed E-state index contributed by atoms with van der Waals surface area (Å²) in [6.45, 7) is 2.96. The molecular formula is C6H10FNO2. The first-order valence-electron chi connectivity index (χ1n) is 2.83. The standard InChI is InChI=1S/C6H10FNO2/c1-4(7)2-5(8)3-6(9)10/h5H,1-3,8H2,(H,9,10)/t5-/m1/s1. The van der Waals surface area contributed by atoms with Crippen LogP contribution in [0.2, 0.25) is 0 Å². The zero-order valence-corrected chi connectivity index (χ0v) is 5.51.